The van der Waals surface area contributed by atoms with Gasteiger partial charge < -0.3 is 11.1 Å². The average molecular weight is 423 g/mol. The van der Waals surface area contributed by atoms with E-state index in [0.29, 0.717) is 47.8 Å². The molecule has 0 aliphatic rings. The summed E-state index contributed by atoms with van der Waals surface area (Å²) >= 11 is 0. The molecule has 0 unspecified atom stereocenters. The Bertz CT molecular complexity index is 1240. The number of carbonyl (C=O) groups excluding carboxylic acids is 1. The fourth-order valence-electron chi connectivity index (χ4n) is 3.28. The number of nitrogens with zero attached hydrogens (tertiary/aromatic N) is 5. The molecule has 2 aromatic heterocycles. The van der Waals surface area contributed by atoms with Crippen LogP contribution in [0.4, 0.5) is 5.82 Å². The van der Waals surface area contributed by atoms with Crippen molar-refractivity contribution in [2.45, 2.75) is 12.8 Å². The fraction of sp³-hybridized carbons (Fsp3) is 0.125. The minimum atomic E-state index is -0.251. The van der Waals surface area contributed by atoms with Crippen LogP contribution in [0, 0.1) is 11.3 Å². The van der Waals surface area contributed by atoms with Crippen LogP contribution in [0.5, 0.6) is 0 Å². The molecule has 0 spiro atoms. The van der Waals surface area contributed by atoms with E-state index in [4.69, 9.17) is 5.73 Å². The van der Waals surface area contributed by atoms with Crippen LogP contribution in [-0.2, 0) is 6.42 Å². The molecule has 0 atom stereocenters. The monoisotopic (exact) mass is 423 g/mol. The molecule has 8 nitrogen and oxygen atoms in total. The first-order valence-electron chi connectivity index (χ1n) is 10.2. The molecule has 2 heterocycles. The molecule has 0 saturated carbocycles. The van der Waals surface area contributed by atoms with E-state index < -0.39 is 0 Å². The summed E-state index contributed by atoms with van der Waals surface area (Å²) in [6.45, 7) is 0.419. The number of nitrogens with one attached hydrogen (secondary N) is 1. The standard InChI is InChI=1S/C24H21N7O/c25-14-20-21(30-31(22(20)26)19-10-5-2-6-11-19)12-7-13-27-24(32)18-15-28-23(29-16-18)17-8-3-1-4-9-17/h1-6,8-11,15-16H,7,12-13,26H2,(H,27,32). The third kappa shape index (κ3) is 4.47. The largest absolute Gasteiger partial charge is 0.382 e. The summed E-state index contributed by atoms with van der Waals surface area (Å²) in [6, 6.07) is 21.1. The maximum absolute atomic E-state index is 12.4. The molecule has 8 heteroatoms. The van der Waals surface area contributed by atoms with Crippen molar-refractivity contribution < 1.29 is 4.79 Å². The van der Waals surface area contributed by atoms with Gasteiger partial charge in [0.2, 0.25) is 0 Å². The summed E-state index contributed by atoms with van der Waals surface area (Å²) in [4.78, 5) is 20.9. The normalized spacial score (nSPS) is 10.5. The minimum Gasteiger partial charge on any atom is -0.382 e. The number of aryl methyl sites for hydroxylation is 1. The molecule has 4 rings (SSSR count). The third-order valence-electron chi connectivity index (χ3n) is 4.93. The molecule has 2 aromatic carbocycles. The van der Waals surface area contributed by atoms with Gasteiger partial charge in [-0.3, -0.25) is 4.79 Å². The number of amides is 1. The molecule has 0 fully saturated rings. The number of nitrogens with two attached hydrogens (primary N) is 1. The Morgan fingerprint density at radius 1 is 1.03 bits per heavy atom. The van der Waals surface area contributed by atoms with Crippen molar-refractivity contribution in [1.82, 2.24) is 25.1 Å². The van der Waals surface area contributed by atoms with E-state index in [1.165, 1.54) is 12.4 Å². The molecule has 0 saturated heterocycles. The number of anilines is 1. The molecule has 0 bridgehead atoms. The Morgan fingerprint density at radius 3 is 2.34 bits per heavy atom. The fourth-order valence-corrected chi connectivity index (χ4v) is 3.28. The van der Waals surface area contributed by atoms with Crippen molar-refractivity contribution in [3.05, 3.63) is 89.9 Å². The van der Waals surface area contributed by atoms with Crippen molar-refractivity contribution in [2.75, 3.05) is 12.3 Å². The number of hydrogen-bond acceptors (Lipinski definition) is 6. The van der Waals surface area contributed by atoms with Crippen LogP contribution in [-0.4, -0.2) is 32.2 Å². The second-order valence-electron chi connectivity index (χ2n) is 7.09. The molecule has 4 aromatic rings. The predicted molar refractivity (Wildman–Crippen MR) is 121 cm³/mol. The SMILES string of the molecule is N#Cc1c(CCCNC(=O)c2cnc(-c3ccccc3)nc2)nn(-c2ccccc2)c1N. The highest BCUT2D eigenvalue weighted by Crippen LogP contribution is 2.21. The second-order valence-corrected chi connectivity index (χ2v) is 7.09. The van der Waals surface area contributed by atoms with Crippen LogP contribution >= 0.6 is 0 Å². The number of hydrogen-bond donors (Lipinski definition) is 2. The Hall–Kier alpha value is -4.51. The van der Waals surface area contributed by atoms with E-state index in [-0.39, 0.29) is 5.91 Å². The van der Waals surface area contributed by atoms with Gasteiger partial charge in [0.1, 0.15) is 17.5 Å². The molecular weight excluding hydrogens is 402 g/mol. The lowest BCUT2D eigenvalue weighted by molar-refractivity contribution is 0.0952. The van der Waals surface area contributed by atoms with Gasteiger partial charge in [-0.15, -0.1) is 0 Å². The van der Waals surface area contributed by atoms with E-state index in [1.807, 2.05) is 60.7 Å². The predicted octanol–water partition coefficient (Wildman–Crippen LogP) is 3.15. The highest BCUT2D eigenvalue weighted by atomic mass is 16.1. The van der Waals surface area contributed by atoms with E-state index in [2.05, 4.69) is 26.5 Å². The zero-order chi connectivity index (χ0) is 22.3. The lowest BCUT2D eigenvalue weighted by Crippen LogP contribution is -2.25. The van der Waals surface area contributed by atoms with Crippen molar-refractivity contribution in [1.29, 1.82) is 5.26 Å². The average Bonchev–Trinajstić information content (AvgIpc) is 3.18. The molecule has 1 amide bonds. The third-order valence-corrected chi connectivity index (χ3v) is 4.93. The van der Waals surface area contributed by atoms with Crippen molar-refractivity contribution in [3.63, 3.8) is 0 Å². The van der Waals surface area contributed by atoms with Gasteiger partial charge in [-0.1, -0.05) is 48.5 Å². The Balaban J connectivity index is 1.34. The van der Waals surface area contributed by atoms with Gasteiger partial charge in [0, 0.05) is 24.5 Å². The Morgan fingerprint density at radius 2 is 1.69 bits per heavy atom. The van der Waals surface area contributed by atoms with Crippen molar-refractivity contribution >= 4 is 11.7 Å². The van der Waals surface area contributed by atoms with Crippen LogP contribution in [0.1, 0.15) is 28.0 Å². The van der Waals surface area contributed by atoms with E-state index in [0.717, 1.165) is 11.3 Å². The van der Waals surface area contributed by atoms with E-state index in [9.17, 15) is 10.1 Å². The first-order chi connectivity index (χ1) is 15.7. The molecular formula is C24H21N7O. The topological polar surface area (TPSA) is 123 Å². The Labute approximate surface area is 185 Å². The van der Waals surface area contributed by atoms with Crippen LogP contribution < -0.4 is 11.1 Å². The zero-order valence-corrected chi connectivity index (χ0v) is 17.3. The second kappa shape index (κ2) is 9.53. The molecule has 3 N–H and O–H groups in total. The summed E-state index contributed by atoms with van der Waals surface area (Å²) in [7, 11) is 0. The van der Waals surface area contributed by atoms with Gasteiger partial charge in [0.05, 0.1) is 16.9 Å². The van der Waals surface area contributed by atoms with Crippen LogP contribution in [0.2, 0.25) is 0 Å². The van der Waals surface area contributed by atoms with Gasteiger partial charge in [0.15, 0.2) is 5.82 Å². The number of rotatable bonds is 7. The van der Waals surface area contributed by atoms with Crippen molar-refractivity contribution in [2.24, 2.45) is 0 Å². The summed E-state index contributed by atoms with van der Waals surface area (Å²) < 4.78 is 1.57. The zero-order valence-electron chi connectivity index (χ0n) is 17.3. The highest BCUT2D eigenvalue weighted by molar-refractivity contribution is 5.93. The van der Waals surface area contributed by atoms with Gasteiger partial charge in [-0.25, -0.2) is 14.6 Å². The highest BCUT2D eigenvalue weighted by Gasteiger charge is 2.16. The number of aromatic nitrogens is 4. The summed E-state index contributed by atoms with van der Waals surface area (Å²) in [5.74, 6) is 0.630. The summed E-state index contributed by atoms with van der Waals surface area (Å²) in [6.07, 6.45) is 4.15. The summed E-state index contributed by atoms with van der Waals surface area (Å²) in [5.41, 5.74) is 9.17. The molecule has 158 valence electrons. The number of nitriles is 1. The van der Waals surface area contributed by atoms with E-state index in [1.54, 1.807) is 4.68 Å². The van der Waals surface area contributed by atoms with Gasteiger partial charge in [0.25, 0.3) is 5.91 Å². The maximum atomic E-state index is 12.4. The quantitative estimate of drug-likeness (QED) is 0.440. The van der Waals surface area contributed by atoms with Gasteiger partial charge >= 0.3 is 0 Å². The lowest BCUT2D eigenvalue weighted by atomic mass is 10.1. The Kier molecular flexibility index (Phi) is 6.18. The van der Waals surface area contributed by atoms with Crippen molar-refractivity contribution in [3.8, 4) is 23.1 Å². The number of para-hydroxylation sites is 1. The molecule has 32 heavy (non-hydrogen) atoms. The summed E-state index contributed by atoms with van der Waals surface area (Å²) in [5, 5.41) is 16.8. The molecule has 0 aliphatic heterocycles. The number of carbonyl (C=O) groups is 1. The van der Waals surface area contributed by atoms with Crippen LogP contribution in [0.25, 0.3) is 17.1 Å². The minimum absolute atomic E-state index is 0.251. The number of nitrogen functional groups attached to an aromatic ring is 1. The smallest absolute Gasteiger partial charge is 0.254 e. The first-order valence-corrected chi connectivity index (χ1v) is 10.2. The van der Waals surface area contributed by atoms with Gasteiger partial charge in [-0.2, -0.15) is 10.4 Å². The molecule has 0 aliphatic carbocycles. The van der Waals surface area contributed by atoms with Crippen LogP contribution in [0.15, 0.2) is 73.1 Å². The van der Waals surface area contributed by atoms with Crippen LogP contribution in [0.3, 0.4) is 0 Å². The maximum Gasteiger partial charge on any atom is 0.254 e. The molecule has 0 radical (unpaired) electrons. The first kappa shape index (κ1) is 20.8. The van der Waals surface area contributed by atoms with Gasteiger partial charge in [-0.05, 0) is 25.0 Å². The number of benzene rings is 2. The lowest BCUT2D eigenvalue weighted by Gasteiger charge is -2.05. The van der Waals surface area contributed by atoms with E-state index >= 15 is 0 Å².